The van der Waals surface area contributed by atoms with Crippen molar-refractivity contribution in [3.8, 4) is 0 Å². The van der Waals surface area contributed by atoms with Crippen molar-refractivity contribution in [1.82, 2.24) is 14.6 Å². The van der Waals surface area contributed by atoms with Crippen LogP contribution in [0.2, 0.25) is 0 Å². The maximum Gasteiger partial charge on any atom is 0.391 e. The summed E-state index contributed by atoms with van der Waals surface area (Å²) in [6.45, 7) is 0.964. The third-order valence-electron chi connectivity index (χ3n) is 7.39. The number of alkyl halides is 4. The average molecular weight is 564 g/mol. The van der Waals surface area contributed by atoms with Crippen LogP contribution in [-0.2, 0) is 21.4 Å². The summed E-state index contributed by atoms with van der Waals surface area (Å²) in [4.78, 5) is 16.7. The zero-order valence-electron chi connectivity index (χ0n) is 20.4. The molecule has 1 amide bonds. The summed E-state index contributed by atoms with van der Waals surface area (Å²) in [7, 11) is -4.36. The van der Waals surface area contributed by atoms with E-state index in [9.17, 15) is 39.6 Å². The molecule has 2 heterocycles. The van der Waals surface area contributed by atoms with Gasteiger partial charge < -0.3 is 5.32 Å². The molecule has 3 atom stereocenters. The molecule has 1 saturated carbocycles. The predicted octanol–water partition coefficient (Wildman–Crippen LogP) is 5.00. The number of halogens is 6. The quantitative estimate of drug-likeness (QED) is 0.502. The van der Waals surface area contributed by atoms with Gasteiger partial charge in [0.2, 0.25) is 15.9 Å². The molecule has 1 aromatic carbocycles. The smallest absolute Gasteiger partial charge is 0.351 e. The number of pyridine rings is 1. The average Bonchev–Trinajstić information content (AvgIpc) is 3.18. The molecule has 1 aliphatic carbocycles. The summed E-state index contributed by atoms with van der Waals surface area (Å²) < 4.78 is 108. The first-order valence-corrected chi connectivity index (χ1v) is 13.6. The van der Waals surface area contributed by atoms with E-state index >= 15 is 0 Å². The molecule has 2 aromatic rings. The van der Waals surface area contributed by atoms with E-state index in [1.54, 1.807) is 0 Å². The first kappa shape index (κ1) is 28.3. The number of amides is 1. The molecule has 1 N–H and O–H groups in total. The van der Waals surface area contributed by atoms with Crippen molar-refractivity contribution < 1.29 is 39.6 Å². The summed E-state index contributed by atoms with van der Waals surface area (Å²) >= 11 is 0. The third kappa shape index (κ3) is 5.83. The Balaban J connectivity index is 1.46. The van der Waals surface area contributed by atoms with E-state index in [0.29, 0.717) is 5.69 Å². The molecule has 6 nitrogen and oxygen atoms in total. The predicted molar refractivity (Wildman–Crippen MR) is 125 cm³/mol. The molecule has 4 rings (SSSR count). The molecule has 208 valence electrons. The fraction of sp³-hybridized carbons (Fsp3) is 0.520. The van der Waals surface area contributed by atoms with Crippen molar-refractivity contribution in [3.63, 3.8) is 0 Å². The Morgan fingerprint density at radius 2 is 1.74 bits per heavy atom. The highest BCUT2D eigenvalue weighted by molar-refractivity contribution is 7.89. The topological polar surface area (TPSA) is 79.4 Å². The lowest BCUT2D eigenvalue weighted by Gasteiger charge is -2.29. The molecule has 13 heteroatoms. The molecule has 0 radical (unpaired) electrons. The first-order chi connectivity index (χ1) is 17.8. The van der Waals surface area contributed by atoms with Crippen LogP contribution in [0, 0.1) is 17.6 Å². The van der Waals surface area contributed by atoms with Crippen molar-refractivity contribution in [3.05, 3.63) is 59.4 Å². The summed E-state index contributed by atoms with van der Waals surface area (Å²) in [5.41, 5.74) is 0.437. The molecule has 1 aromatic heterocycles. The zero-order chi connectivity index (χ0) is 27.8. The number of aromatic nitrogens is 1. The standard InChI is InChI=1S/C25H27F6N3O3S/c1-14-20(27)11-23(34(14)38(36,37)19-8-6-18(26)7-9-19)24(35)33-12-16-10-22(32-13-21(16)28)15-2-4-17(5-3-15)25(29,30)31/h6-10,13-15,17,20,23H,2-5,11-12H2,1H3,(H,33,35)/t14-,15-,17-,20+,23-/m0/s1. The van der Waals surface area contributed by atoms with Gasteiger partial charge in [-0.25, -0.2) is 21.6 Å². The van der Waals surface area contributed by atoms with Gasteiger partial charge in [-0.2, -0.15) is 17.5 Å². The second kappa shape index (κ2) is 10.8. The van der Waals surface area contributed by atoms with Crippen LogP contribution in [0.15, 0.2) is 41.4 Å². The fourth-order valence-electron chi connectivity index (χ4n) is 5.17. The Hall–Kier alpha value is -2.67. The van der Waals surface area contributed by atoms with Crippen LogP contribution in [0.5, 0.6) is 0 Å². The lowest BCUT2D eigenvalue weighted by molar-refractivity contribution is -0.182. The molecule has 0 bridgehead atoms. The number of carbonyl (C=O) groups excluding carboxylic acids is 1. The molecular formula is C25H27F6N3O3S. The van der Waals surface area contributed by atoms with Crippen LogP contribution >= 0.6 is 0 Å². The minimum absolute atomic E-state index is 0.0251. The van der Waals surface area contributed by atoms with Crippen LogP contribution in [0.3, 0.4) is 0 Å². The summed E-state index contributed by atoms with van der Waals surface area (Å²) in [5, 5.41) is 2.45. The summed E-state index contributed by atoms with van der Waals surface area (Å²) in [5.74, 6) is -3.92. The van der Waals surface area contributed by atoms with Gasteiger partial charge in [0.15, 0.2) is 0 Å². The number of hydrogen-bond acceptors (Lipinski definition) is 4. The van der Waals surface area contributed by atoms with Gasteiger partial charge in [-0.15, -0.1) is 0 Å². The summed E-state index contributed by atoms with van der Waals surface area (Å²) in [6, 6.07) is 2.72. The van der Waals surface area contributed by atoms with Crippen LogP contribution in [0.1, 0.15) is 56.2 Å². The van der Waals surface area contributed by atoms with Crippen molar-refractivity contribution in [2.75, 3.05) is 0 Å². The molecule has 0 spiro atoms. The summed E-state index contributed by atoms with van der Waals surface area (Å²) in [6.07, 6.45) is -5.01. The van der Waals surface area contributed by atoms with Crippen molar-refractivity contribution in [2.45, 2.75) is 80.8 Å². The number of hydrogen-bond donors (Lipinski definition) is 1. The SMILES string of the molecule is C[C@H]1[C@H](F)C[C@@H](C(=O)NCc2cc([C@H]3CC[C@H](C(F)(F)F)CC3)ncc2F)N1S(=O)(=O)c1ccc(F)cc1. The number of carbonyl (C=O) groups is 1. The number of rotatable bonds is 6. The van der Waals surface area contributed by atoms with E-state index < -0.39 is 64.3 Å². The van der Waals surface area contributed by atoms with Crippen LogP contribution in [0.4, 0.5) is 26.3 Å². The lowest BCUT2D eigenvalue weighted by atomic mass is 9.80. The van der Waals surface area contributed by atoms with Crippen molar-refractivity contribution >= 4 is 15.9 Å². The van der Waals surface area contributed by atoms with Gasteiger partial charge >= 0.3 is 6.18 Å². The normalized spacial score (nSPS) is 26.9. The Kier molecular flexibility index (Phi) is 8.08. The van der Waals surface area contributed by atoms with Crippen molar-refractivity contribution in [2.24, 2.45) is 5.92 Å². The molecule has 1 aliphatic heterocycles. The molecule has 1 saturated heterocycles. The molecule has 2 fully saturated rings. The minimum atomic E-state index is -4.36. The Bertz CT molecular complexity index is 1260. The number of nitrogens with zero attached hydrogens (tertiary/aromatic N) is 2. The fourth-order valence-corrected chi connectivity index (χ4v) is 6.98. The van der Waals surface area contributed by atoms with E-state index in [4.69, 9.17) is 0 Å². The highest BCUT2D eigenvalue weighted by Gasteiger charge is 2.49. The molecule has 38 heavy (non-hydrogen) atoms. The van der Waals surface area contributed by atoms with E-state index in [0.717, 1.165) is 34.8 Å². The van der Waals surface area contributed by atoms with Gasteiger partial charge in [-0.05, 0) is 62.9 Å². The largest absolute Gasteiger partial charge is 0.391 e. The zero-order valence-corrected chi connectivity index (χ0v) is 21.2. The number of sulfonamides is 1. The Labute approximate surface area is 216 Å². The van der Waals surface area contributed by atoms with Gasteiger partial charge in [0.1, 0.15) is 23.8 Å². The van der Waals surface area contributed by atoms with Gasteiger partial charge in [0.25, 0.3) is 0 Å². The van der Waals surface area contributed by atoms with Gasteiger partial charge in [0.05, 0.1) is 23.1 Å². The second-order valence-corrected chi connectivity index (χ2v) is 11.6. The van der Waals surface area contributed by atoms with Crippen LogP contribution < -0.4 is 5.32 Å². The number of benzene rings is 1. The lowest BCUT2D eigenvalue weighted by Crippen LogP contribution is -2.48. The Morgan fingerprint density at radius 3 is 2.34 bits per heavy atom. The van der Waals surface area contributed by atoms with Gasteiger partial charge in [-0.3, -0.25) is 9.78 Å². The van der Waals surface area contributed by atoms with E-state index in [-0.39, 0.29) is 48.6 Å². The first-order valence-electron chi connectivity index (χ1n) is 12.2. The highest BCUT2D eigenvalue weighted by Crippen LogP contribution is 2.42. The van der Waals surface area contributed by atoms with E-state index in [1.807, 2.05) is 0 Å². The third-order valence-corrected chi connectivity index (χ3v) is 9.40. The number of nitrogens with one attached hydrogen (secondary N) is 1. The highest BCUT2D eigenvalue weighted by atomic mass is 32.2. The van der Waals surface area contributed by atoms with Crippen molar-refractivity contribution in [1.29, 1.82) is 0 Å². The maximum atomic E-state index is 14.6. The van der Waals surface area contributed by atoms with Gasteiger partial charge in [0, 0.05) is 30.1 Å². The molecular weight excluding hydrogens is 536 g/mol. The van der Waals surface area contributed by atoms with E-state index in [2.05, 4.69) is 10.3 Å². The van der Waals surface area contributed by atoms with Crippen LogP contribution in [0.25, 0.3) is 0 Å². The van der Waals surface area contributed by atoms with E-state index in [1.165, 1.54) is 13.0 Å². The maximum absolute atomic E-state index is 14.6. The van der Waals surface area contributed by atoms with Crippen LogP contribution in [-0.4, -0.2) is 48.0 Å². The molecule has 2 aliphatic rings. The second-order valence-electron chi connectivity index (χ2n) is 9.81. The molecule has 0 unspecified atom stereocenters. The van der Waals surface area contributed by atoms with Gasteiger partial charge in [-0.1, -0.05) is 0 Å². The monoisotopic (exact) mass is 563 g/mol. The minimum Gasteiger partial charge on any atom is -0.351 e. The Morgan fingerprint density at radius 1 is 1.11 bits per heavy atom.